The van der Waals surface area contributed by atoms with Crippen molar-refractivity contribution in [1.29, 1.82) is 0 Å². The van der Waals surface area contributed by atoms with Crippen molar-refractivity contribution in [3.8, 4) is 0 Å². The van der Waals surface area contributed by atoms with E-state index in [9.17, 15) is 4.79 Å². The van der Waals surface area contributed by atoms with Crippen LogP contribution in [0.25, 0.3) is 0 Å². The van der Waals surface area contributed by atoms with Crippen molar-refractivity contribution in [2.45, 2.75) is 26.7 Å². The Kier molecular flexibility index (Phi) is 5.77. The minimum Gasteiger partial charge on any atom is -0.355 e. The highest BCUT2D eigenvalue weighted by atomic mass is 16.2. The normalized spacial score (nSPS) is 11.1. The molecule has 0 spiro atoms. The van der Waals surface area contributed by atoms with Crippen LogP contribution in [0.1, 0.15) is 26.7 Å². The molecule has 0 aliphatic carbocycles. The van der Waals surface area contributed by atoms with Crippen molar-refractivity contribution in [3.63, 3.8) is 0 Å². The first-order valence-electron chi connectivity index (χ1n) is 8.07. The fraction of sp³-hybridized carbons (Fsp3) is 0.316. The van der Waals surface area contributed by atoms with Gasteiger partial charge >= 0.3 is 0 Å². The molecule has 0 aliphatic rings. The van der Waals surface area contributed by atoms with E-state index in [0.717, 1.165) is 29.9 Å². The average Bonchev–Trinajstić information content (AvgIpc) is 2.58. The number of nitrogens with two attached hydrogens (primary N) is 1. The fourth-order valence-corrected chi connectivity index (χ4v) is 2.58. The predicted molar refractivity (Wildman–Crippen MR) is 96.9 cm³/mol. The lowest BCUT2D eigenvalue weighted by Crippen LogP contribution is -2.41. The molecule has 4 heteroatoms. The molecule has 2 aromatic rings. The highest BCUT2D eigenvalue weighted by Gasteiger charge is 2.33. The van der Waals surface area contributed by atoms with Gasteiger partial charge in [0.1, 0.15) is 0 Å². The third-order valence-electron chi connectivity index (χ3n) is 4.41. The Morgan fingerprint density at radius 3 is 2.17 bits per heavy atom. The Hall–Kier alpha value is -2.33. The molecule has 23 heavy (non-hydrogen) atoms. The van der Waals surface area contributed by atoms with Gasteiger partial charge in [-0.3, -0.25) is 4.79 Å². The topological polar surface area (TPSA) is 67.2 Å². The maximum Gasteiger partial charge on any atom is 0.231 e. The third-order valence-corrected chi connectivity index (χ3v) is 4.41. The Labute approximate surface area is 138 Å². The molecule has 0 unspecified atom stereocenters. The highest BCUT2D eigenvalue weighted by Crippen LogP contribution is 2.28. The summed E-state index contributed by atoms with van der Waals surface area (Å²) in [6, 6.07) is 17.6. The third kappa shape index (κ3) is 4.11. The molecule has 2 aromatic carbocycles. The zero-order chi connectivity index (χ0) is 16.7. The van der Waals surface area contributed by atoms with Crippen LogP contribution in [0.4, 0.5) is 17.1 Å². The molecule has 122 valence electrons. The zero-order valence-electron chi connectivity index (χ0n) is 13.8. The maximum absolute atomic E-state index is 12.6. The molecule has 4 nitrogen and oxygen atoms in total. The van der Waals surface area contributed by atoms with Gasteiger partial charge in [-0.2, -0.15) is 0 Å². The van der Waals surface area contributed by atoms with Crippen LogP contribution in [0.2, 0.25) is 0 Å². The molecule has 0 saturated heterocycles. The molecule has 2 rings (SSSR count). The lowest BCUT2D eigenvalue weighted by atomic mass is 9.81. The Balaban J connectivity index is 2.12. The largest absolute Gasteiger partial charge is 0.355 e. The van der Waals surface area contributed by atoms with Crippen LogP contribution in [-0.2, 0) is 4.79 Å². The van der Waals surface area contributed by atoms with Gasteiger partial charge in [0.05, 0.1) is 5.41 Å². The maximum atomic E-state index is 12.6. The van der Waals surface area contributed by atoms with Crippen LogP contribution in [0.3, 0.4) is 0 Å². The summed E-state index contributed by atoms with van der Waals surface area (Å²) < 4.78 is 0. The van der Waals surface area contributed by atoms with Gasteiger partial charge in [-0.15, -0.1) is 0 Å². The second-order valence-electron chi connectivity index (χ2n) is 5.72. The van der Waals surface area contributed by atoms with Crippen molar-refractivity contribution in [2.24, 2.45) is 11.1 Å². The molecule has 0 aliphatic heterocycles. The molecule has 0 aromatic heterocycles. The van der Waals surface area contributed by atoms with Gasteiger partial charge in [0.2, 0.25) is 5.91 Å². The molecule has 0 fully saturated rings. The van der Waals surface area contributed by atoms with Crippen molar-refractivity contribution < 1.29 is 4.79 Å². The number of anilines is 3. The monoisotopic (exact) mass is 311 g/mol. The number of carbonyl (C=O) groups excluding carboxylic acids is 1. The number of nitrogens with one attached hydrogen (secondary N) is 2. The molecule has 0 heterocycles. The van der Waals surface area contributed by atoms with Gasteiger partial charge in [0.15, 0.2) is 0 Å². The van der Waals surface area contributed by atoms with E-state index in [1.54, 1.807) is 0 Å². The van der Waals surface area contributed by atoms with Crippen molar-refractivity contribution in [2.75, 3.05) is 17.2 Å². The highest BCUT2D eigenvalue weighted by molar-refractivity contribution is 5.96. The zero-order valence-corrected chi connectivity index (χ0v) is 13.8. The molecule has 0 bridgehead atoms. The predicted octanol–water partition coefficient (Wildman–Crippen LogP) is 4.13. The minimum atomic E-state index is -0.497. The number of benzene rings is 2. The van der Waals surface area contributed by atoms with Gasteiger partial charge in [-0.25, -0.2) is 0 Å². The standard InChI is InChI=1S/C19H25N3O/c1-3-19(4-2,14-20)18(23)22-17-12-8-11-16(13-17)21-15-9-6-5-7-10-15/h5-13,21H,3-4,14,20H2,1-2H3,(H,22,23). The van der Waals surface area contributed by atoms with Gasteiger partial charge < -0.3 is 16.4 Å². The molecule has 0 atom stereocenters. The number of rotatable bonds is 7. The summed E-state index contributed by atoms with van der Waals surface area (Å²) in [5.74, 6) is -0.0122. The average molecular weight is 311 g/mol. The van der Waals surface area contributed by atoms with Crippen molar-refractivity contribution in [1.82, 2.24) is 0 Å². The van der Waals surface area contributed by atoms with E-state index < -0.39 is 5.41 Å². The van der Waals surface area contributed by atoms with Crippen LogP contribution in [-0.4, -0.2) is 12.5 Å². The van der Waals surface area contributed by atoms with E-state index in [2.05, 4.69) is 10.6 Å². The van der Waals surface area contributed by atoms with Gasteiger partial charge in [0, 0.05) is 23.6 Å². The number of hydrogen-bond acceptors (Lipinski definition) is 3. The Bertz CT molecular complexity index is 628. The van der Waals surface area contributed by atoms with Crippen LogP contribution in [0.15, 0.2) is 54.6 Å². The van der Waals surface area contributed by atoms with Gasteiger partial charge in [0.25, 0.3) is 0 Å². The molecule has 0 saturated carbocycles. The van der Waals surface area contributed by atoms with E-state index >= 15 is 0 Å². The van der Waals surface area contributed by atoms with Crippen LogP contribution < -0.4 is 16.4 Å². The first-order chi connectivity index (χ1) is 11.1. The van der Waals surface area contributed by atoms with Gasteiger partial charge in [-0.05, 0) is 43.2 Å². The van der Waals surface area contributed by atoms with Crippen LogP contribution in [0.5, 0.6) is 0 Å². The second kappa shape index (κ2) is 7.79. The smallest absolute Gasteiger partial charge is 0.231 e. The summed E-state index contributed by atoms with van der Waals surface area (Å²) in [5, 5.41) is 6.33. The van der Waals surface area contributed by atoms with Gasteiger partial charge in [-0.1, -0.05) is 38.1 Å². The molecule has 0 radical (unpaired) electrons. The lowest BCUT2D eigenvalue weighted by molar-refractivity contribution is -0.125. The van der Waals surface area contributed by atoms with Crippen LogP contribution in [0, 0.1) is 5.41 Å². The van der Waals surface area contributed by atoms with E-state index in [1.165, 1.54) is 0 Å². The number of hydrogen-bond donors (Lipinski definition) is 3. The fourth-order valence-electron chi connectivity index (χ4n) is 2.58. The summed E-state index contributed by atoms with van der Waals surface area (Å²) in [6.07, 6.45) is 1.46. The number of para-hydroxylation sites is 1. The second-order valence-corrected chi connectivity index (χ2v) is 5.72. The minimum absolute atomic E-state index is 0.0122. The molecule has 1 amide bonds. The first kappa shape index (κ1) is 17.0. The summed E-state index contributed by atoms with van der Waals surface area (Å²) in [5.41, 5.74) is 8.06. The summed E-state index contributed by atoms with van der Waals surface area (Å²) in [6.45, 7) is 4.36. The quantitative estimate of drug-likeness (QED) is 0.720. The summed E-state index contributed by atoms with van der Waals surface area (Å²) in [7, 11) is 0. The Morgan fingerprint density at radius 2 is 1.57 bits per heavy atom. The SMILES string of the molecule is CCC(CC)(CN)C(=O)Nc1cccc(Nc2ccccc2)c1. The van der Waals surface area contributed by atoms with Crippen molar-refractivity contribution in [3.05, 3.63) is 54.6 Å². The van der Waals surface area contributed by atoms with E-state index in [0.29, 0.717) is 6.54 Å². The van der Waals surface area contributed by atoms with E-state index in [1.807, 2.05) is 68.4 Å². The Morgan fingerprint density at radius 1 is 0.957 bits per heavy atom. The van der Waals surface area contributed by atoms with Crippen molar-refractivity contribution >= 4 is 23.0 Å². The van der Waals surface area contributed by atoms with E-state index in [-0.39, 0.29) is 5.91 Å². The molecular formula is C19H25N3O. The van der Waals surface area contributed by atoms with Crippen LogP contribution >= 0.6 is 0 Å². The number of carbonyl (C=O) groups is 1. The molecule has 4 N–H and O–H groups in total. The summed E-state index contributed by atoms with van der Waals surface area (Å²) in [4.78, 5) is 12.6. The first-order valence-corrected chi connectivity index (χ1v) is 8.07. The molecular weight excluding hydrogens is 286 g/mol. The lowest BCUT2D eigenvalue weighted by Gasteiger charge is -2.28. The summed E-state index contributed by atoms with van der Waals surface area (Å²) >= 11 is 0. The number of amides is 1. The van der Waals surface area contributed by atoms with E-state index in [4.69, 9.17) is 5.73 Å².